The van der Waals surface area contributed by atoms with Gasteiger partial charge in [0.05, 0.1) is 25.3 Å². The van der Waals surface area contributed by atoms with Crippen molar-refractivity contribution in [2.75, 3.05) is 13.7 Å². The van der Waals surface area contributed by atoms with Gasteiger partial charge in [0.1, 0.15) is 11.6 Å². The summed E-state index contributed by atoms with van der Waals surface area (Å²) in [5.41, 5.74) is 1.55. The molecule has 6 heteroatoms. The normalized spacial score (nSPS) is 16.9. The van der Waals surface area contributed by atoms with Gasteiger partial charge in [-0.15, -0.1) is 0 Å². The minimum atomic E-state index is -0.160. The highest BCUT2D eigenvalue weighted by atomic mass is 16.5. The molecule has 1 aromatic carbocycles. The van der Waals surface area contributed by atoms with Crippen molar-refractivity contribution in [2.45, 2.75) is 45.1 Å². The molecular formula is C20H25N3O3. The van der Waals surface area contributed by atoms with E-state index >= 15 is 0 Å². The summed E-state index contributed by atoms with van der Waals surface area (Å²) in [5, 5.41) is 0. The molecule has 3 rings (SSSR count). The number of hydrogen-bond donors (Lipinski definition) is 1. The zero-order valence-electron chi connectivity index (χ0n) is 15.5. The van der Waals surface area contributed by atoms with Crippen LogP contribution in [0.2, 0.25) is 0 Å². The van der Waals surface area contributed by atoms with Crippen LogP contribution in [-0.4, -0.2) is 34.4 Å². The van der Waals surface area contributed by atoms with Crippen LogP contribution in [0.4, 0.5) is 0 Å². The molecule has 1 N–H and O–H groups in total. The average Bonchev–Trinajstić information content (AvgIpc) is 3.11. The molecule has 1 atom stereocenters. The van der Waals surface area contributed by atoms with Gasteiger partial charge < -0.3 is 14.6 Å². The van der Waals surface area contributed by atoms with Crippen LogP contribution < -0.4 is 10.3 Å². The van der Waals surface area contributed by atoms with Gasteiger partial charge in [0.15, 0.2) is 0 Å². The van der Waals surface area contributed by atoms with Crippen molar-refractivity contribution in [3.8, 4) is 5.75 Å². The molecule has 1 saturated heterocycles. The van der Waals surface area contributed by atoms with Crippen molar-refractivity contribution in [1.82, 2.24) is 14.9 Å². The lowest BCUT2D eigenvalue weighted by molar-refractivity contribution is -0.131. The maximum atomic E-state index is 12.8. The molecular weight excluding hydrogens is 330 g/mol. The first-order valence-corrected chi connectivity index (χ1v) is 9.01. The summed E-state index contributed by atoms with van der Waals surface area (Å²) in [6.07, 6.45) is 2.06. The van der Waals surface area contributed by atoms with Crippen LogP contribution in [0.5, 0.6) is 5.75 Å². The molecule has 0 aliphatic carbocycles. The standard InChI is InChI=1S/C20H25N3O3/c1-13(2)16-12-18(24)22-20(21-16)17-5-4-10-23(17)19(25)11-14-6-8-15(26-3)9-7-14/h6-9,12-13,17H,4-5,10-11H2,1-3H3,(H,21,22,24)/t17-/m1/s1. The highest BCUT2D eigenvalue weighted by molar-refractivity contribution is 5.79. The lowest BCUT2D eigenvalue weighted by atomic mass is 10.1. The SMILES string of the molecule is COc1ccc(CC(=O)N2CCC[C@@H]2c2nc(C(C)C)cc(=O)[nH]2)cc1. The number of rotatable bonds is 5. The Morgan fingerprint density at radius 2 is 2.08 bits per heavy atom. The first-order chi connectivity index (χ1) is 12.5. The molecule has 1 amide bonds. The Morgan fingerprint density at radius 3 is 2.73 bits per heavy atom. The van der Waals surface area contributed by atoms with Crippen molar-refractivity contribution in [1.29, 1.82) is 0 Å². The summed E-state index contributed by atoms with van der Waals surface area (Å²) < 4.78 is 5.15. The van der Waals surface area contributed by atoms with E-state index in [1.54, 1.807) is 7.11 Å². The Morgan fingerprint density at radius 1 is 1.35 bits per heavy atom. The summed E-state index contributed by atoms with van der Waals surface area (Å²) in [6, 6.07) is 8.90. The molecule has 2 aromatic rings. The van der Waals surface area contributed by atoms with Crippen LogP contribution in [-0.2, 0) is 11.2 Å². The molecule has 26 heavy (non-hydrogen) atoms. The maximum Gasteiger partial charge on any atom is 0.251 e. The fourth-order valence-corrected chi connectivity index (χ4v) is 3.32. The third-order valence-corrected chi connectivity index (χ3v) is 4.77. The van der Waals surface area contributed by atoms with Gasteiger partial charge in [-0.05, 0) is 36.5 Å². The van der Waals surface area contributed by atoms with E-state index in [0.29, 0.717) is 18.8 Å². The average molecular weight is 355 g/mol. The van der Waals surface area contributed by atoms with E-state index < -0.39 is 0 Å². The second kappa shape index (κ2) is 7.72. The number of hydrogen-bond acceptors (Lipinski definition) is 4. The number of amides is 1. The highest BCUT2D eigenvalue weighted by Gasteiger charge is 2.31. The van der Waals surface area contributed by atoms with Crippen LogP contribution >= 0.6 is 0 Å². The fourth-order valence-electron chi connectivity index (χ4n) is 3.32. The maximum absolute atomic E-state index is 12.8. The topological polar surface area (TPSA) is 75.3 Å². The van der Waals surface area contributed by atoms with Gasteiger partial charge in [0, 0.05) is 12.6 Å². The Bertz CT molecular complexity index is 827. The Hall–Kier alpha value is -2.63. The van der Waals surface area contributed by atoms with E-state index in [4.69, 9.17) is 4.74 Å². The molecule has 0 bridgehead atoms. The van der Waals surface area contributed by atoms with Crippen LogP contribution in [0.15, 0.2) is 35.1 Å². The first-order valence-electron chi connectivity index (χ1n) is 9.01. The van der Waals surface area contributed by atoms with Crippen LogP contribution in [0.3, 0.4) is 0 Å². The third kappa shape index (κ3) is 3.95. The van der Waals surface area contributed by atoms with Crippen molar-refractivity contribution in [3.63, 3.8) is 0 Å². The second-order valence-electron chi connectivity index (χ2n) is 6.98. The number of nitrogens with zero attached hydrogens (tertiary/aromatic N) is 2. The second-order valence-corrected chi connectivity index (χ2v) is 6.98. The number of aromatic amines is 1. The van der Waals surface area contributed by atoms with Crippen molar-refractivity contribution >= 4 is 5.91 Å². The first kappa shape index (κ1) is 18.2. The zero-order chi connectivity index (χ0) is 18.7. The number of carbonyl (C=O) groups excluding carboxylic acids is 1. The van der Waals surface area contributed by atoms with E-state index in [0.717, 1.165) is 29.8 Å². The molecule has 0 saturated carbocycles. The van der Waals surface area contributed by atoms with Gasteiger partial charge in [-0.3, -0.25) is 9.59 Å². The molecule has 1 aliphatic rings. The highest BCUT2D eigenvalue weighted by Crippen LogP contribution is 2.30. The lowest BCUT2D eigenvalue weighted by Crippen LogP contribution is -2.33. The number of carbonyl (C=O) groups is 1. The zero-order valence-corrected chi connectivity index (χ0v) is 15.5. The van der Waals surface area contributed by atoms with Gasteiger partial charge >= 0.3 is 0 Å². The van der Waals surface area contributed by atoms with E-state index in [-0.39, 0.29) is 23.4 Å². The number of likely N-dealkylation sites (tertiary alicyclic amines) is 1. The summed E-state index contributed by atoms with van der Waals surface area (Å²) >= 11 is 0. The minimum Gasteiger partial charge on any atom is -0.497 e. The van der Waals surface area contributed by atoms with Gasteiger partial charge in [0.25, 0.3) is 5.56 Å². The molecule has 6 nitrogen and oxygen atoms in total. The molecule has 1 fully saturated rings. The van der Waals surface area contributed by atoms with Gasteiger partial charge in [-0.2, -0.15) is 0 Å². The lowest BCUT2D eigenvalue weighted by Gasteiger charge is -2.24. The fraction of sp³-hybridized carbons (Fsp3) is 0.450. The summed E-state index contributed by atoms with van der Waals surface area (Å²) in [5.74, 6) is 1.59. The monoisotopic (exact) mass is 355 g/mol. The number of nitrogens with one attached hydrogen (secondary N) is 1. The quantitative estimate of drug-likeness (QED) is 0.895. The molecule has 138 valence electrons. The number of ether oxygens (including phenoxy) is 1. The summed E-state index contributed by atoms with van der Waals surface area (Å²) in [6.45, 7) is 4.70. The predicted octanol–water partition coefficient (Wildman–Crippen LogP) is 2.81. The number of H-pyrrole nitrogens is 1. The molecule has 2 heterocycles. The van der Waals surface area contributed by atoms with Gasteiger partial charge in [0.2, 0.25) is 5.91 Å². The minimum absolute atomic E-state index is 0.0512. The smallest absolute Gasteiger partial charge is 0.251 e. The predicted molar refractivity (Wildman–Crippen MR) is 99.3 cm³/mol. The number of methoxy groups -OCH3 is 1. The van der Waals surface area contributed by atoms with E-state index in [1.165, 1.54) is 6.07 Å². The van der Waals surface area contributed by atoms with Crippen molar-refractivity contribution in [3.05, 3.63) is 57.8 Å². The molecule has 1 aliphatic heterocycles. The van der Waals surface area contributed by atoms with Crippen LogP contribution in [0, 0.1) is 0 Å². The Labute approximate surface area is 153 Å². The molecule has 0 spiro atoms. The molecule has 0 radical (unpaired) electrons. The van der Waals surface area contributed by atoms with Crippen LogP contribution in [0.25, 0.3) is 0 Å². The van der Waals surface area contributed by atoms with E-state index in [9.17, 15) is 9.59 Å². The molecule has 0 unspecified atom stereocenters. The van der Waals surface area contributed by atoms with Crippen LogP contribution in [0.1, 0.15) is 55.7 Å². The van der Waals surface area contributed by atoms with Crippen molar-refractivity contribution in [2.24, 2.45) is 0 Å². The van der Waals surface area contributed by atoms with Crippen molar-refractivity contribution < 1.29 is 9.53 Å². The Balaban J connectivity index is 1.79. The Kier molecular flexibility index (Phi) is 5.40. The third-order valence-electron chi connectivity index (χ3n) is 4.77. The van der Waals surface area contributed by atoms with E-state index in [1.807, 2.05) is 43.0 Å². The van der Waals surface area contributed by atoms with Gasteiger partial charge in [-0.25, -0.2) is 4.98 Å². The summed E-state index contributed by atoms with van der Waals surface area (Å²) in [7, 11) is 1.62. The largest absolute Gasteiger partial charge is 0.497 e. The number of aromatic nitrogens is 2. The van der Waals surface area contributed by atoms with E-state index in [2.05, 4.69) is 9.97 Å². The number of benzene rings is 1. The summed E-state index contributed by atoms with van der Waals surface area (Å²) in [4.78, 5) is 34.1. The molecule has 1 aromatic heterocycles. The van der Waals surface area contributed by atoms with Gasteiger partial charge in [-0.1, -0.05) is 26.0 Å².